The number of furan rings is 1. The Labute approximate surface area is 383 Å². The molecule has 0 fully saturated rings. The Morgan fingerprint density at radius 3 is 1.92 bits per heavy atom. The summed E-state index contributed by atoms with van der Waals surface area (Å²) in [5, 5.41) is 8.59. The SMILES string of the molecule is C[Si](C)(C)c1ccc(-c2[c-]cc(C(F)(F)F)cc2)nc1.[2H]C([2H])([2H])c1ccc2c(n1)oc1c(-c3cc(-c4ccc5c6ccccc6c6ccccc6c5n4)c(C(C)(C)C)cn3)[c-]ccc12.[Ir]. The van der Waals surface area contributed by atoms with Crippen LogP contribution < -0.4 is 5.19 Å². The van der Waals surface area contributed by atoms with Crippen molar-refractivity contribution in [2.75, 3.05) is 0 Å². The van der Waals surface area contributed by atoms with Gasteiger partial charge in [0.15, 0.2) is 0 Å². The summed E-state index contributed by atoms with van der Waals surface area (Å²) in [6, 6.07) is 43.6. The molecule has 10 heteroatoms. The number of alkyl halides is 3. The molecule has 0 amide bonds. The van der Waals surface area contributed by atoms with Crippen molar-refractivity contribution in [3.63, 3.8) is 0 Å². The molecule has 0 unspecified atom stereocenters. The van der Waals surface area contributed by atoms with Crippen LogP contribution in [0.1, 0.15) is 41.7 Å². The van der Waals surface area contributed by atoms with Gasteiger partial charge in [-0.3, -0.25) is 0 Å². The van der Waals surface area contributed by atoms with E-state index in [1.54, 1.807) is 6.07 Å². The average molecular weight is 1030 g/mol. The molecule has 5 aromatic heterocycles. The average Bonchev–Trinajstić information content (AvgIpc) is 3.66. The molecule has 0 saturated heterocycles. The summed E-state index contributed by atoms with van der Waals surface area (Å²) in [7, 11) is -1.41. The minimum Gasteiger partial charge on any atom is -0.486 e. The first-order valence-electron chi connectivity index (χ1n) is 21.8. The molecule has 5 heterocycles. The van der Waals surface area contributed by atoms with Gasteiger partial charge in [-0.15, -0.1) is 48.0 Å². The molecule has 5 aromatic carbocycles. The van der Waals surface area contributed by atoms with Gasteiger partial charge >= 0.3 is 6.18 Å². The third kappa shape index (κ3) is 8.43. The van der Waals surface area contributed by atoms with Gasteiger partial charge in [0.2, 0.25) is 5.71 Å². The van der Waals surface area contributed by atoms with Crippen LogP contribution in [0, 0.1) is 19.0 Å². The van der Waals surface area contributed by atoms with Gasteiger partial charge in [-0.05, 0) is 86.0 Å². The molecule has 0 aliphatic rings. The Hall–Kier alpha value is -6.06. The van der Waals surface area contributed by atoms with Crippen molar-refractivity contribution in [1.82, 2.24) is 19.9 Å². The zero-order valence-corrected chi connectivity index (χ0v) is 38.8. The van der Waals surface area contributed by atoms with Crippen LogP contribution in [0.5, 0.6) is 0 Å². The zero-order valence-electron chi connectivity index (χ0n) is 38.4. The Morgan fingerprint density at radius 2 is 1.30 bits per heavy atom. The predicted molar refractivity (Wildman–Crippen MR) is 249 cm³/mol. The number of rotatable bonds is 4. The molecule has 0 saturated carbocycles. The van der Waals surface area contributed by atoms with E-state index in [1.807, 2.05) is 36.7 Å². The van der Waals surface area contributed by atoms with Crippen LogP contribution in [0.2, 0.25) is 19.6 Å². The van der Waals surface area contributed by atoms with E-state index in [4.69, 9.17) is 18.5 Å². The summed E-state index contributed by atoms with van der Waals surface area (Å²) in [4.78, 5) is 18.9. The minimum atomic E-state index is -4.33. The number of fused-ring (bicyclic) bond motifs is 9. The molecule has 0 N–H and O–H groups in total. The summed E-state index contributed by atoms with van der Waals surface area (Å²) < 4.78 is 67.0. The maximum absolute atomic E-state index is 12.5. The van der Waals surface area contributed by atoms with E-state index in [9.17, 15) is 13.2 Å². The first kappa shape index (κ1) is 39.8. The summed E-state index contributed by atoms with van der Waals surface area (Å²) in [6.07, 6.45) is -0.591. The number of nitrogens with zero attached hydrogens (tertiary/aromatic N) is 4. The van der Waals surface area contributed by atoms with Crippen LogP contribution >= 0.6 is 0 Å². The normalized spacial score (nSPS) is 13.1. The van der Waals surface area contributed by atoms with Crippen molar-refractivity contribution in [2.45, 2.75) is 58.9 Å². The fourth-order valence-electron chi connectivity index (χ4n) is 7.88. The van der Waals surface area contributed by atoms with E-state index in [-0.39, 0.29) is 36.9 Å². The number of hydrogen-bond acceptors (Lipinski definition) is 5. The van der Waals surface area contributed by atoms with Crippen LogP contribution in [0.15, 0.2) is 138 Å². The van der Waals surface area contributed by atoms with Gasteiger partial charge in [0, 0.05) is 58.5 Å². The van der Waals surface area contributed by atoms with Gasteiger partial charge in [-0.25, -0.2) is 9.97 Å². The third-order valence-corrected chi connectivity index (χ3v) is 13.2. The zero-order chi connectivity index (χ0) is 46.1. The molecule has 1 radical (unpaired) electrons. The molecule has 0 aliphatic heterocycles. The number of halogens is 3. The Balaban J connectivity index is 0.000000238. The van der Waals surface area contributed by atoms with Gasteiger partial charge in [-0.1, -0.05) is 118 Å². The van der Waals surface area contributed by atoms with Gasteiger partial charge < -0.3 is 14.4 Å². The van der Waals surface area contributed by atoms with Crippen LogP contribution in [0.25, 0.3) is 88.3 Å². The van der Waals surface area contributed by atoms with Crippen molar-refractivity contribution >= 4 is 67.8 Å². The second-order valence-corrected chi connectivity index (χ2v) is 22.5. The maximum atomic E-state index is 12.5. The number of aromatic nitrogens is 4. The first-order valence-corrected chi connectivity index (χ1v) is 23.8. The Bertz CT molecular complexity index is 3340. The van der Waals surface area contributed by atoms with E-state index in [0.717, 1.165) is 56.0 Å². The van der Waals surface area contributed by atoms with Crippen molar-refractivity contribution in [3.05, 3.63) is 163 Å². The number of aryl methyl sites for hydroxylation is 1. The van der Waals surface area contributed by atoms with Crippen LogP contribution in [0.4, 0.5) is 13.2 Å². The Kier molecular flexibility index (Phi) is 10.5. The smallest absolute Gasteiger partial charge is 0.381 e. The quantitative estimate of drug-likeness (QED) is 0.0998. The molecule has 0 bridgehead atoms. The summed E-state index contributed by atoms with van der Waals surface area (Å²) in [5.74, 6) is 0. The van der Waals surface area contributed by atoms with Gasteiger partial charge in [0.1, 0.15) is 0 Å². The van der Waals surface area contributed by atoms with E-state index >= 15 is 0 Å². The van der Waals surface area contributed by atoms with Crippen LogP contribution in [-0.4, -0.2) is 28.0 Å². The standard InChI is InChI=1S/C38H28N3O.C15H15F3NSi.Ir/c1-22-16-17-29-28-14-9-15-30(36(28)42-37(29)40-22)34-20-31(32(21-39-34)38(2,3)4)33-19-18-27-25-12-6-5-10-23(25)24-11-7-8-13-26(24)35(27)41-33;1-20(2,3)13-8-9-14(19-10-13)11-4-6-12(7-5-11)15(16,17)18;/h5-14,16-21H,1-4H3;4,6-10H,1-3H3;/q2*-1;/i1D3;;. The topological polar surface area (TPSA) is 64.7 Å². The molecule has 0 atom stereocenters. The monoisotopic (exact) mass is 1030 g/mol. The van der Waals surface area contributed by atoms with Gasteiger partial charge in [-0.2, -0.15) is 13.2 Å². The van der Waals surface area contributed by atoms with Crippen molar-refractivity contribution in [1.29, 1.82) is 0 Å². The molecule has 63 heavy (non-hydrogen) atoms. The summed E-state index contributed by atoms with van der Waals surface area (Å²) in [5.41, 5.74) is 6.39. The summed E-state index contributed by atoms with van der Waals surface area (Å²) in [6.45, 7) is 10.9. The molecule has 5 nitrogen and oxygen atoms in total. The fraction of sp³-hybridized carbons (Fsp3) is 0.170. The summed E-state index contributed by atoms with van der Waals surface area (Å²) >= 11 is 0. The minimum absolute atomic E-state index is 0. The number of hydrogen-bond donors (Lipinski definition) is 0. The fourth-order valence-corrected chi connectivity index (χ4v) is 8.92. The van der Waals surface area contributed by atoms with E-state index in [0.29, 0.717) is 28.1 Å². The van der Waals surface area contributed by atoms with Gasteiger partial charge in [0.05, 0.1) is 24.9 Å². The second kappa shape index (κ2) is 16.6. The molecular weight excluding hydrogens is 986 g/mol. The first-order chi connectivity index (χ1) is 30.8. The molecule has 0 aliphatic carbocycles. The van der Waals surface area contributed by atoms with Crippen molar-refractivity contribution in [3.8, 4) is 33.8 Å². The number of pyridine rings is 4. The van der Waals surface area contributed by atoms with E-state index < -0.39 is 26.7 Å². The largest absolute Gasteiger partial charge is 0.486 e. The Morgan fingerprint density at radius 1 is 0.651 bits per heavy atom. The molecule has 10 aromatic rings. The van der Waals surface area contributed by atoms with E-state index in [2.05, 4.69) is 129 Å². The molecule has 317 valence electrons. The maximum Gasteiger partial charge on any atom is 0.381 e. The second-order valence-electron chi connectivity index (χ2n) is 17.5. The number of benzene rings is 5. The van der Waals surface area contributed by atoms with Crippen LogP contribution in [-0.2, 0) is 31.7 Å². The van der Waals surface area contributed by atoms with Crippen molar-refractivity contribution < 1.29 is 41.8 Å². The van der Waals surface area contributed by atoms with Crippen molar-refractivity contribution in [2.24, 2.45) is 0 Å². The molecule has 0 spiro atoms. The third-order valence-electron chi connectivity index (χ3n) is 11.2. The van der Waals surface area contributed by atoms with Gasteiger partial charge in [0.25, 0.3) is 0 Å². The molecular formula is C53H43F3IrN4OSi-2. The molecule has 10 rings (SSSR count). The van der Waals surface area contributed by atoms with Crippen LogP contribution in [0.3, 0.4) is 0 Å². The van der Waals surface area contributed by atoms with E-state index in [1.165, 1.54) is 33.5 Å². The predicted octanol–water partition coefficient (Wildman–Crippen LogP) is 14.1.